The van der Waals surface area contributed by atoms with Crippen LogP contribution in [0.4, 0.5) is 0 Å². The zero-order valence-corrected chi connectivity index (χ0v) is 14.6. The molecule has 0 aliphatic rings. The molecule has 130 valence electrons. The Labute approximate surface area is 140 Å². The van der Waals surface area contributed by atoms with Gasteiger partial charge in [0, 0.05) is 6.04 Å². The van der Waals surface area contributed by atoms with E-state index in [9.17, 15) is 13.2 Å². The smallest absolute Gasteiger partial charge is 0.338 e. The largest absolute Gasteiger partial charge is 0.449 e. The summed E-state index contributed by atoms with van der Waals surface area (Å²) in [4.78, 5) is 16.2. The summed E-state index contributed by atoms with van der Waals surface area (Å²) in [5.74, 6) is -0.0770. The number of nitrogens with one attached hydrogen (secondary N) is 1. The number of benzene rings is 1. The van der Waals surface area contributed by atoms with E-state index in [1.165, 1.54) is 24.3 Å². The van der Waals surface area contributed by atoms with Gasteiger partial charge in [0.15, 0.2) is 11.9 Å². The lowest BCUT2D eigenvalue weighted by Gasteiger charge is -2.12. The van der Waals surface area contributed by atoms with E-state index in [2.05, 4.69) is 14.9 Å². The molecule has 9 heteroatoms. The minimum atomic E-state index is -3.69. The number of aryl methyl sites for hydroxylation is 1. The van der Waals surface area contributed by atoms with Crippen LogP contribution in [-0.2, 0) is 14.8 Å². The van der Waals surface area contributed by atoms with Crippen LogP contribution < -0.4 is 4.72 Å². The Morgan fingerprint density at radius 2 is 2.00 bits per heavy atom. The minimum Gasteiger partial charge on any atom is -0.449 e. The highest BCUT2D eigenvalue weighted by Crippen LogP contribution is 2.18. The first-order valence-electron chi connectivity index (χ1n) is 7.32. The molecule has 0 saturated heterocycles. The van der Waals surface area contributed by atoms with Gasteiger partial charge < -0.3 is 9.26 Å². The molecule has 1 N–H and O–H groups in total. The van der Waals surface area contributed by atoms with Gasteiger partial charge in [-0.1, -0.05) is 11.2 Å². The Kier molecular flexibility index (Phi) is 5.35. The van der Waals surface area contributed by atoms with Crippen LogP contribution in [0, 0.1) is 6.92 Å². The van der Waals surface area contributed by atoms with E-state index in [1.54, 1.807) is 27.7 Å². The molecule has 1 atom stereocenters. The predicted molar refractivity (Wildman–Crippen MR) is 84.8 cm³/mol. The minimum absolute atomic E-state index is 0.00747. The SMILES string of the molecule is Cc1noc(C(C)OC(=O)c2cccc(S(=O)(=O)NC(C)C)c2)n1. The number of carbonyl (C=O) groups is 1. The number of hydrogen-bond donors (Lipinski definition) is 1. The number of esters is 1. The van der Waals surface area contributed by atoms with Crippen LogP contribution in [-0.4, -0.2) is 30.6 Å². The lowest BCUT2D eigenvalue weighted by atomic mass is 10.2. The summed E-state index contributed by atoms with van der Waals surface area (Å²) in [6, 6.07) is 5.37. The van der Waals surface area contributed by atoms with Crippen LogP contribution in [0.5, 0.6) is 0 Å². The summed E-state index contributed by atoms with van der Waals surface area (Å²) in [6.45, 7) is 6.66. The standard InChI is InChI=1S/C15H19N3O5S/c1-9(2)18-24(20,21)13-7-5-6-12(8-13)15(19)22-10(3)14-16-11(4)17-23-14/h5-10,18H,1-4H3. The topological polar surface area (TPSA) is 111 Å². The molecule has 1 heterocycles. The van der Waals surface area contributed by atoms with Gasteiger partial charge in [-0.05, 0) is 45.9 Å². The second-order valence-electron chi connectivity index (χ2n) is 5.53. The highest BCUT2D eigenvalue weighted by atomic mass is 32.2. The summed E-state index contributed by atoms with van der Waals surface area (Å²) < 4.78 is 37.0. The molecular formula is C15H19N3O5S. The van der Waals surface area contributed by atoms with E-state index in [0.717, 1.165) is 0 Å². The van der Waals surface area contributed by atoms with Gasteiger partial charge in [-0.15, -0.1) is 0 Å². The van der Waals surface area contributed by atoms with Gasteiger partial charge in [-0.25, -0.2) is 17.9 Å². The maximum Gasteiger partial charge on any atom is 0.338 e. The number of ether oxygens (including phenoxy) is 1. The molecule has 1 unspecified atom stereocenters. The van der Waals surface area contributed by atoms with Crippen LogP contribution in [0.3, 0.4) is 0 Å². The molecule has 2 aromatic rings. The molecule has 0 saturated carbocycles. The van der Waals surface area contributed by atoms with Crippen molar-refractivity contribution >= 4 is 16.0 Å². The maximum atomic E-state index is 12.2. The van der Waals surface area contributed by atoms with Crippen molar-refractivity contribution in [3.05, 3.63) is 41.5 Å². The van der Waals surface area contributed by atoms with Gasteiger partial charge in [-0.3, -0.25) is 0 Å². The van der Waals surface area contributed by atoms with Gasteiger partial charge in [0.25, 0.3) is 5.89 Å². The molecule has 1 aromatic carbocycles. The van der Waals surface area contributed by atoms with Gasteiger partial charge in [0.2, 0.25) is 10.0 Å². The fourth-order valence-electron chi connectivity index (χ4n) is 1.93. The van der Waals surface area contributed by atoms with Crippen molar-refractivity contribution in [3.8, 4) is 0 Å². The average Bonchev–Trinajstić information content (AvgIpc) is 2.93. The van der Waals surface area contributed by atoms with Crippen molar-refractivity contribution in [2.75, 3.05) is 0 Å². The molecule has 24 heavy (non-hydrogen) atoms. The lowest BCUT2D eigenvalue weighted by Crippen LogP contribution is -2.30. The van der Waals surface area contributed by atoms with Crippen molar-refractivity contribution in [1.29, 1.82) is 0 Å². The van der Waals surface area contributed by atoms with E-state index in [1.807, 2.05) is 0 Å². The second-order valence-corrected chi connectivity index (χ2v) is 7.25. The van der Waals surface area contributed by atoms with E-state index in [4.69, 9.17) is 9.26 Å². The van der Waals surface area contributed by atoms with Crippen molar-refractivity contribution in [1.82, 2.24) is 14.9 Å². The number of aromatic nitrogens is 2. The van der Waals surface area contributed by atoms with Crippen LogP contribution in [0.2, 0.25) is 0 Å². The summed E-state index contributed by atoms with van der Waals surface area (Å²) in [5, 5.41) is 3.63. The summed E-state index contributed by atoms with van der Waals surface area (Å²) in [5.41, 5.74) is 0.115. The highest BCUT2D eigenvalue weighted by Gasteiger charge is 2.21. The Hall–Kier alpha value is -2.26. The third-order valence-electron chi connectivity index (χ3n) is 2.95. The number of hydrogen-bond acceptors (Lipinski definition) is 7. The van der Waals surface area contributed by atoms with E-state index in [-0.39, 0.29) is 22.4 Å². The molecule has 0 aliphatic heterocycles. The summed E-state index contributed by atoms with van der Waals surface area (Å²) in [6.07, 6.45) is -0.743. The number of nitrogens with zero attached hydrogens (tertiary/aromatic N) is 2. The Morgan fingerprint density at radius 1 is 1.29 bits per heavy atom. The fourth-order valence-corrected chi connectivity index (χ4v) is 3.22. The molecule has 0 amide bonds. The first-order valence-corrected chi connectivity index (χ1v) is 8.81. The Bertz CT molecular complexity index is 829. The second kappa shape index (κ2) is 7.10. The number of sulfonamides is 1. The predicted octanol–water partition coefficient (Wildman–Crippen LogP) is 1.98. The van der Waals surface area contributed by atoms with Gasteiger partial charge in [-0.2, -0.15) is 4.98 Å². The molecule has 8 nitrogen and oxygen atoms in total. The summed E-state index contributed by atoms with van der Waals surface area (Å²) >= 11 is 0. The van der Waals surface area contributed by atoms with Crippen LogP contribution in [0.1, 0.15) is 48.9 Å². The lowest BCUT2D eigenvalue weighted by molar-refractivity contribution is 0.0265. The first-order chi connectivity index (χ1) is 11.2. The first kappa shape index (κ1) is 18.1. The zero-order chi connectivity index (χ0) is 17.9. The van der Waals surface area contributed by atoms with E-state index in [0.29, 0.717) is 5.82 Å². The number of carbonyl (C=O) groups excluding carboxylic acids is 1. The van der Waals surface area contributed by atoms with Crippen LogP contribution in [0.25, 0.3) is 0 Å². The van der Waals surface area contributed by atoms with Crippen molar-refractivity contribution in [2.24, 2.45) is 0 Å². The van der Waals surface area contributed by atoms with Crippen molar-refractivity contribution < 1.29 is 22.5 Å². The van der Waals surface area contributed by atoms with E-state index < -0.39 is 22.1 Å². The molecular weight excluding hydrogens is 334 g/mol. The van der Waals surface area contributed by atoms with E-state index >= 15 is 0 Å². The third kappa shape index (κ3) is 4.39. The summed E-state index contributed by atoms with van der Waals surface area (Å²) in [7, 11) is -3.69. The zero-order valence-electron chi connectivity index (χ0n) is 13.8. The van der Waals surface area contributed by atoms with Gasteiger partial charge >= 0.3 is 5.97 Å². The normalized spacial score (nSPS) is 13.0. The van der Waals surface area contributed by atoms with Crippen molar-refractivity contribution in [3.63, 3.8) is 0 Å². The molecule has 0 aliphatic carbocycles. The van der Waals surface area contributed by atoms with Gasteiger partial charge in [0.1, 0.15) is 0 Å². The quantitative estimate of drug-likeness (QED) is 0.790. The number of rotatable bonds is 6. The van der Waals surface area contributed by atoms with Crippen LogP contribution >= 0.6 is 0 Å². The maximum absolute atomic E-state index is 12.2. The molecule has 1 aromatic heterocycles. The van der Waals surface area contributed by atoms with Gasteiger partial charge in [0.05, 0.1) is 10.5 Å². The van der Waals surface area contributed by atoms with Crippen LogP contribution in [0.15, 0.2) is 33.7 Å². The Balaban J connectivity index is 2.17. The molecule has 0 spiro atoms. The average molecular weight is 353 g/mol. The molecule has 0 fully saturated rings. The molecule has 0 bridgehead atoms. The third-order valence-corrected chi connectivity index (χ3v) is 4.60. The molecule has 2 rings (SSSR count). The molecule has 0 radical (unpaired) electrons. The highest BCUT2D eigenvalue weighted by molar-refractivity contribution is 7.89. The fraction of sp³-hybridized carbons (Fsp3) is 0.400. The Morgan fingerprint density at radius 3 is 2.58 bits per heavy atom. The van der Waals surface area contributed by atoms with Crippen molar-refractivity contribution in [2.45, 2.75) is 44.7 Å². The monoisotopic (exact) mass is 353 g/mol.